The molecular weight excluding hydrogens is 405 g/mol. The van der Waals surface area contributed by atoms with Gasteiger partial charge in [0.15, 0.2) is 5.78 Å². The fourth-order valence-electron chi connectivity index (χ4n) is 3.02. The number of nitrogens with zero attached hydrogens (tertiary/aromatic N) is 1. The summed E-state index contributed by atoms with van der Waals surface area (Å²) in [6.45, 7) is 0.130. The van der Waals surface area contributed by atoms with E-state index in [4.69, 9.17) is 4.74 Å². The Morgan fingerprint density at radius 1 is 0.933 bits per heavy atom. The number of ketones is 1. The van der Waals surface area contributed by atoms with Crippen LogP contribution in [-0.4, -0.2) is 27.9 Å². The standard InChI is InChI=1S/C23H22FNO4S/c1-29-21-13-15-22(16-14-21)30(27,28)25(20-6-3-2-4-7-20)17-5-8-23(26)18-9-11-19(24)12-10-18/h2-4,6-7,9-16H,5,8,17H2,1H3. The Labute approximate surface area is 175 Å². The first kappa shape index (κ1) is 21.5. The lowest BCUT2D eigenvalue weighted by Crippen LogP contribution is -2.32. The molecule has 0 heterocycles. The molecule has 0 fully saturated rings. The first-order valence-corrected chi connectivity index (χ1v) is 10.9. The summed E-state index contributed by atoms with van der Waals surface area (Å²) in [5.74, 6) is -0.0117. The number of carbonyl (C=O) groups excluding carboxylic acids is 1. The number of hydrogen-bond donors (Lipinski definition) is 0. The second-order valence-electron chi connectivity index (χ2n) is 6.62. The number of halogens is 1. The van der Waals surface area contributed by atoms with Crippen LogP contribution in [0.2, 0.25) is 0 Å². The highest BCUT2D eigenvalue weighted by Gasteiger charge is 2.25. The molecule has 3 aromatic rings. The maximum atomic E-state index is 13.3. The first-order valence-electron chi connectivity index (χ1n) is 9.42. The molecule has 156 valence electrons. The highest BCUT2D eigenvalue weighted by molar-refractivity contribution is 7.92. The van der Waals surface area contributed by atoms with Gasteiger partial charge >= 0.3 is 0 Å². The molecule has 0 atom stereocenters. The molecule has 0 saturated carbocycles. The van der Waals surface area contributed by atoms with Crippen molar-refractivity contribution in [2.24, 2.45) is 0 Å². The van der Waals surface area contributed by atoms with Gasteiger partial charge in [-0.2, -0.15) is 0 Å². The zero-order valence-corrected chi connectivity index (χ0v) is 17.3. The topological polar surface area (TPSA) is 63.7 Å². The lowest BCUT2D eigenvalue weighted by Gasteiger charge is -2.24. The van der Waals surface area contributed by atoms with E-state index >= 15 is 0 Å². The largest absolute Gasteiger partial charge is 0.497 e. The smallest absolute Gasteiger partial charge is 0.264 e. The minimum atomic E-state index is -3.83. The Hall–Kier alpha value is -3.19. The Balaban J connectivity index is 1.79. The summed E-state index contributed by atoms with van der Waals surface area (Å²) in [6.07, 6.45) is 0.466. The summed E-state index contributed by atoms with van der Waals surface area (Å²) < 4.78 is 46.0. The van der Waals surface area contributed by atoms with Crippen molar-refractivity contribution in [1.82, 2.24) is 0 Å². The van der Waals surface area contributed by atoms with Crippen LogP contribution in [0.25, 0.3) is 0 Å². The van der Waals surface area contributed by atoms with Crippen molar-refractivity contribution < 1.29 is 22.3 Å². The van der Waals surface area contributed by atoms with E-state index in [-0.39, 0.29) is 23.6 Å². The summed E-state index contributed by atoms with van der Waals surface area (Å²) in [6, 6.07) is 20.2. The lowest BCUT2D eigenvalue weighted by atomic mass is 10.1. The molecule has 0 aliphatic heterocycles. The normalized spacial score (nSPS) is 11.1. The Morgan fingerprint density at radius 3 is 2.17 bits per heavy atom. The fourth-order valence-corrected chi connectivity index (χ4v) is 4.52. The predicted octanol–water partition coefficient (Wildman–Crippen LogP) is 4.69. The zero-order chi connectivity index (χ0) is 21.6. The molecule has 30 heavy (non-hydrogen) atoms. The molecule has 7 heteroatoms. The van der Waals surface area contributed by atoms with Crippen molar-refractivity contribution in [3.63, 3.8) is 0 Å². The molecule has 0 bridgehead atoms. The van der Waals surface area contributed by atoms with Crippen LogP contribution in [0.15, 0.2) is 83.8 Å². The number of Topliss-reactive ketones (excluding diaryl/α,β-unsaturated/α-hetero) is 1. The average molecular weight is 427 g/mol. The molecule has 0 amide bonds. The van der Waals surface area contributed by atoms with Gasteiger partial charge in [0.25, 0.3) is 10.0 Å². The third kappa shape index (κ3) is 5.04. The van der Waals surface area contributed by atoms with Gasteiger partial charge in [0.05, 0.1) is 17.7 Å². The van der Waals surface area contributed by atoms with E-state index < -0.39 is 15.8 Å². The maximum absolute atomic E-state index is 13.3. The summed E-state index contributed by atoms with van der Waals surface area (Å²) in [4.78, 5) is 12.5. The van der Waals surface area contributed by atoms with Gasteiger partial charge in [-0.3, -0.25) is 9.10 Å². The van der Waals surface area contributed by atoms with Crippen LogP contribution in [0.5, 0.6) is 5.75 Å². The minimum absolute atomic E-state index is 0.130. The van der Waals surface area contributed by atoms with Gasteiger partial charge in [-0.05, 0) is 67.1 Å². The highest BCUT2D eigenvalue weighted by Crippen LogP contribution is 2.25. The van der Waals surface area contributed by atoms with E-state index in [0.717, 1.165) is 0 Å². The third-order valence-corrected chi connectivity index (χ3v) is 6.46. The number of sulfonamides is 1. The minimum Gasteiger partial charge on any atom is -0.497 e. The number of anilines is 1. The number of benzene rings is 3. The molecule has 0 saturated heterocycles. The number of carbonyl (C=O) groups is 1. The molecule has 5 nitrogen and oxygen atoms in total. The van der Waals surface area contributed by atoms with Crippen molar-refractivity contribution in [2.45, 2.75) is 17.7 Å². The Bertz CT molecular complexity index is 1080. The Morgan fingerprint density at radius 2 is 1.57 bits per heavy atom. The molecule has 0 aromatic heterocycles. The summed E-state index contributed by atoms with van der Waals surface area (Å²) in [7, 11) is -2.32. The Kier molecular flexibility index (Phi) is 6.84. The third-order valence-electron chi connectivity index (χ3n) is 4.62. The summed E-state index contributed by atoms with van der Waals surface area (Å²) >= 11 is 0. The van der Waals surface area contributed by atoms with Crippen LogP contribution in [0.1, 0.15) is 23.2 Å². The molecule has 3 aromatic carbocycles. The van der Waals surface area contributed by atoms with Crippen LogP contribution in [-0.2, 0) is 10.0 Å². The van der Waals surface area contributed by atoms with Crippen molar-refractivity contribution in [3.05, 3.63) is 90.2 Å². The van der Waals surface area contributed by atoms with E-state index in [1.165, 1.54) is 47.8 Å². The van der Waals surface area contributed by atoms with Crippen molar-refractivity contribution in [2.75, 3.05) is 18.0 Å². The van der Waals surface area contributed by atoms with E-state index in [2.05, 4.69) is 0 Å². The molecule has 0 aliphatic rings. The number of methoxy groups -OCH3 is 1. The van der Waals surface area contributed by atoms with Gasteiger partial charge in [0.1, 0.15) is 11.6 Å². The van der Waals surface area contributed by atoms with Gasteiger partial charge in [-0.1, -0.05) is 18.2 Å². The number of ether oxygens (including phenoxy) is 1. The second kappa shape index (κ2) is 9.54. The molecule has 0 radical (unpaired) electrons. The predicted molar refractivity (Wildman–Crippen MR) is 114 cm³/mol. The number of hydrogen-bond acceptors (Lipinski definition) is 4. The second-order valence-corrected chi connectivity index (χ2v) is 8.48. The van der Waals surface area contributed by atoms with Crippen molar-refractivity contribution in [3.8, 4) is 5.75 Å². The van der Waals surface area contributed by atoms with Gasteiger partial charge in [0.2, 0.25) is 0 Å². The van der Waals surface area contributed by atoms with Gasteiger partial charge in [-0.15, -0.1) is 0 Å². The van der Waals surface area contributed by atoms with E-state index in [1.54, 1.807) is 42.5 Å². The van der Waals surface area contributed by atoms with Crippen LogP contribution < -0.4 is 9.04 Å². The van der Waals surface area contributed by atoms with Crippen LogP contribution in [0, 0.1) is 5.82 Å². The average Bonchev–Trinajstić information content (AvgIpc) is 2.77. The molecule has 0 N–H and O–H groups in total. The molecule has 0 spiro atoms. The van der Waals surface area contributed by atoms with E-state index in [1.807, 2.05) is 0 Å². The molecule has 0 aliphatic carbocycles. The van der Waals surface area contributed by atoms with Crippen LogP contribution in [0.3, 0.4) is 0 Å². The van der Waals surface area contributed by atoms with Crippen molar-refractivity contribution >= 4 is 21.5 Å². The van der Waals surface area contributed by atoms with Gasteiger partial charge < -0.3 is 4.74 Å². The van der Waals surface area contributed by atoms with Crippen LogP contribution in [0.4, 0.5) is 10.1 Å². The van der Waals surface area contributed by atoms with Gasteiger partial charge in [0, 0.05) is 18.5 Å². The van der Waals surface area contributed by atoms with Crippen molar-refractivity contribution in [1.29, 1.82) is 0 Å². The quantitative estimate of drug-likeness (QED) is 0.465. The SMILES string of the molecule is COc1ccc(S(=O)(=O)N(CCCC(=O)c2ccc(F)cc2)c2ccccc2)cc1. The summed E-state index contributed by atoms with van der Waals surface area (Å²) in [5.41, 5.74) is 0.920. The monoisotopic (exact) mass is 427 g/mol. The van der Waals surface area contributed by atoms with E-state index in [0.29, 0.717) is 23.4 Å². The number of rotatable bonds is 9. The fraction of sp³-hybridized carbons (Fsp3) is 0.174. The molecular formula is C23H22FNO4S. The van der Waals surface area contributed by atoms with E-state index in [9.17, 15) is 17.6 Å². The lowest BCUT2D eigenvalue weighted by molar-refractivity contribution is 0.0981. The highest BCUT2D eigenvalue weighted by atomic mass is 32.2. The van der Waals surface area contributed by atoms with Gasteiger partial charge in [-0.25, -0.2) is 12.8 Å². The number of para-hydroxylation sites is 1. The molecule has 3 rings (SSSR count). The first-order chi connectivity index (χ1) is 14.4. The van der Waals surface area contributed by atoms with Crippen LogP contribution >= 0.6 is 0 Å². The molecule has 0 unspecified atom stereocenters. The maximum Gasteiger partial charge on any atom is 0.264 e. The summed E-state index contributed by atoms with van der Waals surface area (Å²) in [5, 5.41) is 0. The zero-order valence-electron chi connectivity index (χ0n) is 16.5.